The molecule has 5 nitrogen and oxygen atoms in total. The van der Waals surface area contributed by atoms with Gasteiger partial charge in [-0.25, -0.2) is 0 Å². The molecule has 1 unspecified atom stereocenters. The van der Waals surface area contributed by atoms with Crippen LogP contribution in [0.2, 0.25) is 0 Å². The van der Waals surface area contributed by atoms with Gasteiger partial charge in [-0.15, -0.1) is 0 Å². The molecule has 1 saturated heterocycles. The molecule has 2 rings (SSSR count). The monoisotopic (exact) mass is 288 g/mol. The lowest BCUT2D eigenvalue weighted by Gasteiger charge is -2.29. The Morgan fingerprint density at radius 2 is 2.50 bits per heavy atom. The fourth-order valence-electron chi connectivity index (χ4n) is 1.86. The quantitative estimate of drug-likeness (QED) is 0.881. The van der Waals surface area contributed by atoms with Crippen LogP contribution in [-0.4, -0.2) is 52.1 Å². The summed E-state index contributed by atoms with van der Waals surface area (Å²) in [4.78, 5) is 6.75. The van der Waals surface area contributed by atoms with E-state index in [0.717, 1.165) is 30.3 Å². The molecule has 0 amide bonds. The zero-order chi connectivity index (χ0) is 13.0. The molecule has 0 aromatic carbocycles. The second-order valence-corrected chi connectivity index (χ2v) is 6.59. The van der Waals surface area contributed by atoms with E-state index in [1.807, 2.05) is 11.8 Å². The highest BCUT2D eigenvalue weighted by Gasteiger charge is 2.26. The van der Waals surface area contributed by atoms with Crippen molar-refractivity contribution < 1.29 is 4.52 Å². The van der Waals surface area contributed by atoms with Crippen LogP contribution in [0.3, 0.4) is 0 Å². The maximum Gasteiger partial charge on any atom is 0.243 e. The molecule has 7 heteroatoms. The first-order valence-electron chi connectivity index (χ1n) is 6.08. The maximum atomic E-state index is 6.03. The average molecular weight is 288 g/mol. The number of nitrogens with zero attached hydrogens (tertiary/aromatic N) is 3. The highest BCUT2D eigenvalue weighted by Crippen LogP contribution is 2.27. The van der Waals surface area contributed by atoms with E-state index >= 15 is 0 Å². The molecule has 102 valence electrons. The van der Waals surface area contributed by atoms with Crippen molar-refractivity contribution in [1.29, 1.82) is 0 Å². The van der Waals surface area contributed by atoms with E-state index in [2.05, 4.69) is 28.3 Å². The molecule has 1 aliphatic heterocycles. The van der Waals surface area contributed by atoms with Crippen molar-refractivity contribution in [1.82, 2.24) is 15.0 Å². The summed E-state index contributed by atoms with van der Waals surface area (Å²) in [5, 5.41) is 4.09. The first kappa shape index (κ1) is 14.2. The third kappa shape index (κ3) is 3.40. The van der Waals surface area contributed by atoms with Crippen LogP contribution in [0.25, 0.3) is 0 Å². The molecule has 2 heterocycles. The average Bonchev–Trinajstić information content (AvgIpc) is 2.86. The molecular weight excluding hydrogens is 268 g/mol. The van der Waals surface area contributed by atoms with Gasteiger partial charge in [-0.2, -0.15) is 28.5 Å². The van der Waals surface area contributed by atoms with Gasteiger partial charge in [0.05, 0.1) is 12.1 Å². The summed E-state index contributed by atoms with van der Waals surface area (Å²) in [7, 11) is 2.11. The normalized spacial score (nSPS) is 23.2. The van der Waals surface area contributed by atoms with Gasteiger partial charge in [-0.1, -0.05) is 5.16 Å². The molecule has 2 N–H and O–H groups in total. The fourth-order valence-corrected chi connectivity index (χ4v) is 3.56. The van der Waals surface area contributed by atoms with E-state index < -0.39 is 0 Å². The van der Waals surface area contributed by atoms with Gasteiger partial charge in [0, 0.05) is 18.1 Å². The molecule has 0 radical (unpaired) electrons. The standard InChI is InChI=1S/C11H20N4OS2/c1-15-4-6-18-7-9(15)10-13-11(16-14-10)8(12)3-5-17-2/h8-9H,3-7,12H2,1-2H3/t8-,9?/m1/s1. The van der Waals surface area contributed by atoms with Crippen LogP contribution in [0.4, 0.5) is 0 Å². The van der Waals surface area contributed by atoms with Crippen LogP contribution in [0, 0.1) is 0 Å². The Bertz CT molecular complexity index is 374. The van der Waals surface area contributed by atoms with Crippen molar-refractivity contribution in [3.8, 4) is 0 Å². The fraction of sp³-hybridized carbons (Fsp3) is 0.818. The van der Waals surface area contributed by atoms with Crippen molar-refractivity contribution in [2.75, 3.05) is 37.1 Å². The van der Waals surface area contributed by atoms with Crippen LogP contribution in [0.15, 0.2) is 4.52 Å². The van der Waals surface area contributed by atoms with E-state index in [-0.39, 0.29) is 12.1 Å². The minimum absolute atomic E-state index is 0.139. The Morgan fingerprint density at radius 1 is 1.67 bits per heavy atom. The SMILES string of the molecule is CSCC[C@@H](N)c1nc(C2CSCCN2C)no1. The molecular formula is C11H20N4OS2. The maximum absolute atomic E-state index is 6.03. The number of hydrogen-bond acceptors (Lipinski definition) is 7. The zero-order valence-corrected chi connectivity index (χ0v) is 12.5. The van der Waals surface area contributed by atoms with E-state index in [1.165, 1.54) is 5.75 Å². The first-order valence-corrected chi connectivity index (χ1v) is 8.63. The van der Waals surface area contributed by atoms with Crippen molar-refractivity contribution in [2.45, 2.75) is 18.5 Å². The van der Waals surface area contributed by atoms with Crippen LogP contribution < -0.4 is 5.73 Å². The zero-order valence-electron chi connectivity index (χ0n) is 10.8. The smallest absolute Gasteiger partial charge is 0.243 e. The molecule has 0 bridgehead atoms. The first-order chi connectivity index (χ1) is 8.72. The Balaban J connectivity index is 2.00. The summed E-state index contributed by atoms with van der Waals surface area (Å²) in [6.07, 6.45) is 2.94. The second-order valence-electron chi connectivity index (χ2n) is 4.45. The lowest BCUT2D eigenvalue weighted by atomic mass is 10.2. The van der Waals surface area contributed by atoms with Gasteiger partial charge in [0.15, 0.2) is 5.82 Å². The molecule has 0 saturated carbocycles. The Labute approximate surface area is 116 Å². The van der Waals surface area contributed by atoms with E-state index in [0.29, 0.717) is 5.89 Å². The van der Waals surface area contributed by atoms with Crippen LogP contribution >= 0.6 is 23.5 Å². The van der Waals surface area contributed by atoms with Crippen molar-refractivity contribution in [3.05, 3.63) is 11.7 Å². The summed E-state index contributed by atoms with van der Waals surface area (Å²) in [5.41, 5.74) is 6.03. The third-order valence-corrected chi connectivity index (χ3v) is 4.77. The molecule has 1 fully saturated rings. The van der Waals surface area contributed by atoms with Gasteiger partial charge >= 0.3 is 0 Å². The predicted octanol–water partition coefficient (Wildman–Crippen LogP) is 1.54. The van der Waals surface area contributed by atoms with Crippen molar-refractivity contribution >= 4 is 23.5 Å². The van der Waals surface area contributed by atoms with Gasteiger partial charge < -0.3 is 10.3 Å². The van der Waals surface area contributed by atoms with Gasteiger partial charge in [0.25, 0.3) is 0 Å². The number of thioether (sulfide) groups is 2. The van der Waals surface area contributed by atoms with Gasteiger partial charge in [-0.3, -0.25) is 4.90 Å². The third-order valence-electron chi connectivity index (χ3n) is 3.10. The molecule has 1 aliphatic rings. The summed E-state index contributed by atoms with van der Waals surface area (Å²) < 4.78 is 5.29. The van der Waals surface area contributed by atoms with Crippen molar-refractivity contribution in [3.63, 3.8) is 0 Å². The number of nitrogens with two attached hydrogens (primary N) is 1. The van der Waals surface area contributed by atoms with Crippen LogP contribution in [-0.2, 0) is 0 Å². The molecule has 1 aromatic rings. The van der Waals surface area contributed by atoms with Gasteiger partial charge in [0.2, 0.25) is 5.89 Å². The lowest BCUT2D eigenvalue weighted by molar-refractivity contribution is 0.256. The van der Waals surface area contributed by atoms with Crippen LogP contribution in [0.1, 0.15) is 30.2 Å². The highest BCUT2D eigenvalue weighted by molar-refractivity contribution is 7.99. The number of hydrogen-bond donors (Lipinski definition) is 1. The van der Waals surface area contributed by atoms with Crippen LogP contribution in [0.5, 0.6) is 0 Å². The van der Waals surface area contributed by atoms with Gasteiger partial charge in [0.1, 0.15) is 0 Å². The summed E-state index contributed by atoms with van der Waals surface area (Å²) in [6.45, 7) is 1.07. The van der Waals surface area contributed by atoms with Crippen molar-refractivity contribution in [2.24, 2.45) is 5.73 Å². The Morgan fingerprint density at radius 3 is 3.22 bits per heavy atom. The highest BCUT2D eigenvalue weighted by atomic mass is 32.2. The number of rotatable bonds is 5. The Kier molecular flexibility index (Phi) is 5.35. The number of aromatic nitrogens is 2. The summed E-state index contributed by atoms with van der Waals surface area (Å²) >= 11 is 3.71. The molecule has 0 spiro atoms. The predicted molar refractivity (Wildman–Crippen MR) is 76.9 cm³/mol. The molecule has 1 aromatic heterocycles. The van der Waals surface area contributed by atoms with E-state index in [9.17, 15) is 0 Å². The minimum Gasteiger partial charge on any atom is -0.338 e. The molecule has 0 aliphatic carbocycles. The Hall–Kier alpha value is -0.240. The summed E-state index contributed by atoms with van der Waals surface area (Å²) in [6, 6.07) is 0.120. The lowest BCUT2D eigenvalue weighted by Crippen LogP contribution is -2.33. The second kappa shape index (κ2) is 6.79. The largest absolute Gasteiger partial charge is 0.338 e. The van der Waals surface area contributed by atoms with E-state index in [4.69, 9.17) is 10.3 Å². The minimum atomic E-state index is -0.139. The summed E-state index contributed by atoms with van der Waals surface area (Å²) in [5.74, 6) is 4.56. The molecule has 18 heavy (non-hydrogen) atoms. The van der Waals surface area contributed by atoms with Gasteiger partial charge in [-0.05, 0) is 25.5 Å². The topological polar surface area (TPSA) is 68.2 Å². The van der Waals surface area contributed by atoms with E-state index in [1.54, 1.807) is 11.8 Å². The molecule has 2 atom stereocenters.